The van der Waals surface area contributed by atoms with Crippen molar-refractivity contribution in [2.24, 2.45) is 0 Å². The number of methoxy groups -OCH3 is 1. The number of nitrogens with one attached hydrogen (secondary N) is 1. The highest BCUT2D eigenvalue weighted by molar-refractivity contribution is 6.07. The van der Waals surface area contributed by atoms with E-state index in [-0.39, 0.29) is 35.5 Å². The van der Waals surface area contributed by atoms with Gasteiger partial charge in [0.2, 0.25) is 5.91 Å². The third-order valence-corrected chi connectivity index (χ3v) is 7.02. The van der Waals surface area contributed by atoms with Crippen LogP contribution in [0.4, 0.5) is 18.9 Å². The Morgan fingerprint density at radius 3 is 2.28 bits per heavy atom. The first-order valence-electron chi connectivity index (χ1n) is 11.6. The first-order valence-corrected chi connectivity index (χ1v) is 11.6. The quantitative estimate of drug-likeness (QED) is 0.551. The third-order valence-electron chi connectivity index (χ3n) is 7.02. The molecule has 10 heteroatoms. The molecule has 2 aromatic carbocycles. The molecule has 1 aliphatic carbocycles. The number of fused-ring (bicyclic) bond motifs is 1. The van der Waals surface area contributed by atoms with E-state index >= 15 is 0 Å². The molecule has 0 saturated heterocycles. The van der Waals surface area contributed by atoms with E-state index in [1.807, 2.05) is 12.1 Å². The van der Waals surface area contributed by atoms with Crippen LogP contribution in [-0.2, 0) is 22.8 Å². The first-order chi connectivity index (χ1) is 17.2. The Kier molecular flexibility index (Phi) is 5.77. The van der Waals surface area contributed by atoms with Crippen molar-refractivity contribution in [3.8, 4) is 11.4 Å². The standard InChI is InChI=1S/C26H25F3N4O3/c1-30-21(34)15-25(12-13-25)16-3-5-17(6-4-16)32-14-11-20-22(24(32)35)33(31-23(20)26(27,28)29)18-7-9-19(36-2)10-8-18/h3-10H,11-15H2,1-2H3,(H,30,34). The summed E-state index contributed by atoms with van der Waals surface area (Å²) in [5.41, 5.74) is 0.509. The molecule has 1 N–H and O–H groups in total. The van der Waals surface area contributed by atoms with Crippen molar-refractivity contribution in [3.63, 3.8) is 0 Å². The predicted molar refractivity (Wildman–Crippen MR) is 127 cm³/mol. The largest absolute Gasteiger partial charge is 0.497 e. The van der Waals surface area contributed by atoms with Crippen LogP contribution in [0.25, 0.3) is 5.69 Å². The molecule has 2 amide bonds. The number of amides is 2. The lowest BCUT2D eigenvalue weighted by Gasteiger charge is -2.28. The summed E-state index contributed by atoms with van der Waals surface area (Å²) < 4.78 is 47.6. The van der Waals surface area contributed by atoms with E-state index in [0.29, 0.717) is 23.5 Å². The Hall–Kier alpha value is -3.82. The fraction of sp³-hybridized carbons (Fsp3) is 0.346. The number of halogens is 3. The van der Waals surface area contributed by atoms with Gasteiger partial charge >= 0.3 is 6.18 Å². The van der Waals surface area contributed by atoms with E-state index in [9.17, 15) is 22.8 Å². The maximum Gasteiger partial charge on any atom is 0.435 e. The third kappa shape index (κ3) is 4.10. The van der Waals surface area contributed by atoms with Gasteiger partial charge in [-0.2, -0.15) is 18.3 Å². The molecular weight excluding hydrogens is 473 g/mol. The molecule has 1 fully saturated rings. The second kappa shape index (κ2) is 8.69. The molecule has 5 rings (SSSR count). The van der Waals surface area contributed by atoms with Gasteiger partial charge in [-0.15, -0.1) is 0 Å². The van der Waals surface area contributed by atoms with Gasteiger partial charge < -0.3 is 15.0 Å². The smallest absolute Gasteiger partial charge is 0.435 e. The zero-order valence-electron chi connectivity index (χ0n) is 19.9. The maximum atomic E-state index is 13.8. The second-order valence-electron chi connectivity index (χ2n) is 9.17. The van der Waals surface area contributed by atoms with E-state index in [1.54, 1.807) is 43.4 Å². The molecule has 36 heavy (non-hydrogen) atoms. The average Bonchev–Trinajstić information content (AvgIpc) is 3.53. The fourth-order valence-corrected chi connectivity index (χ4v) is 4.85. The zero-order valence-corrected chi connectivity index (χ0v) is 19.9. The van der Waals surface area contributed by atoms with Gasteiger partial charge in [-0.25, -0.2) is 4.68 Å². The van der Waals surface area contributed by atoms with E-state index in [4.69, 9.17) is 4.74 Å². The molecule has 0 radical (unpaired) electrons. The molecule has 0 atom stereocenters. The van der Waals surface area contributed by atoms with Crippen LogP contribution in [0.2, 0.25) is 0 Å². The summed E-state index contributed by atoms with van der Waals surface area (Å²) in [4.78, 5) is 27.0. The van der Waals surface area contributed by atoms with E-state index in [2.05, 4.69) is 10.4 Å². The topological polar surface area (TPSA) is 76.5 Å². The van der Waals surface area contributed by atoms with Crippen LogP contribution in [0.1, 0.15) is 46.6 Å². The van der Waals surface area contributed by atoms with E-state index in [1.165, 1.54) is 12.0 Å². The van der Waals surface area contributed by atoms with Crippen LogP contribution < -0.4 is 15.0 Å². The Balaban J connectivity index is 1.49. The van der Waals surface area contributed by atoms with Crippen molar-refractivity contribution in [3.05, 3.63) is 71.0 Å². The van der Waals surface area contributed by atoms with Gasteiger partial charge in [0, 0.05) is 36.7 Å². The van der Waals surface area contributed by atoms with Crippen molar-refractivity contribution >= 4 is 17.5 Å². The lowest BCUT2D eigenvalue weighted by Crippen LogP contribution is -2.39. The highest BCUT2D eigenvalue weighted by Crippen LogP contribution is 2.51. The molecule has 0 bridgehead atoms. The lowest BCUT2D eigenvalue weighted by molar-refractivity contribution is -0.142. The number of carbonyl (C=O) groups is 2. The normalized spacial score (nSPS) is 16.5. The van der Waals surface area contributed by atoms with Crippen molar-refractivity contribution in [1.82, 2.24) is 15.1 Å². The minimum atomic E-state index is -4.69. The zero-order chi connectivity index (χ0) is 25.7. The highest BCUT2D eigenvalue weighted by atomic mass is 19.4. The van der Waals surface area contributed by atoms with E-state index in [0.717, 1.165) is 23.1 Å². The van der Waals surface area contributed by atoms with Gasteiger partial charge in [-0.1, -0.05) is 12.1 Å². The number of alkyl halides is 3. The van der Waals surface area contributed by atoms with Crippen LogP contribution >= 0.6 is 0 Å². The molecule has 1 aromatic heterocycles. The molecular formula is C26H25F3N4O3. The van der Waals surface area contributed by atoms with Gasteiger partial charge in [0.05, 0.1) is 12.8 Å². The summed E-state index contributed by atoms with van der Waals surface area (Å²) in [6.07, 6.45) is -2.44. The molecule has 2 heterocycles. The summed E-state index contributed by atoms with van der Waals surface area (Å²) >= 11 is 0. The average molecular weight is 499 g/mol. The summed E-state index contributed by atoms with van der Waals surface area (Å²) in [6.45, 7) is 0.103. The number of hydrogen-bond donors (Lipinski definition) is 1. The first kappa shape index (κ1) is 23.9. The molecule has 188 valence electrons. The molecule has 0 unspecified atom stereocenters. The Labute approximate surface area is 205 Å². The minimum Gasteiger partial charge on any atom is -0.497 e. The van der Waals surface area contributed by atoms with Crippen molar-refractivity contribution in [2.45, 2.75) is 37.3 Å². The second-order valence-corrected chi connectivity index (χ2v) is 9.17. The monoisotopic (exact) mass is 498 g/mol. The van der Waals surface area contributed by atoms with Gasteiger partial charge in [0.15, 0.2) is 5.69 Å². The maximum absolute atomic E-state index is 13.8. The number of rotatable bonds is 6. The van der Waals surface area contributed by atoms with Gasteiger partial charge in [-0.3, -0.25) is 9.59 Å². The number of aromatic nitrogens is 2. The van der Waals surface area contributed by atoms with Gasteiger partial charge in [-0.05, 0) is 61.2 Å². The molecule has 1 aliphatic heterocycles. The molecule has 3 aromatic rings. The van der Waals surface area contributed by atoms with Crippen LogP contribution in [0.5, 0.6) is 5.75 Å². The minimum absolute atomic E-state index is 0.0223. The Morgan fingerprint density at radius 2 is 1.72 bits per heavy atom. The highest BCUT2D eigenvalue weighted by Gasteiger charge is 2.46. The summed E-state index contributed by atoms with van der Waals surface area (Å²) in [7, 11) is 3.10. The van der Waals surface area contributed by atoms with Gasteiger partial charge in [0.25, 0.3) is 5.91 Å². The van der Waals surface area contributed by atoms with Crippen molar-refractivity contribution < 1.29 is 27.5 Å². The molecule has 0 spiro atoms. The van der Waals surface area contributed by atoms with Crippen LogP contribution in [0.15, 0.2) is 48.5 Å². The fourth-order valence-electron chi connectivity index (χ4n) is 4.85. The number of anilines is 1. The number of carbonyl (C=O) groups excluding carboxylic acids is 2. The van der Waals surface area contributed by atoms with Crippen LogP contribution in [0.3, 0.4) is 0 Å². The lowest BCUT2D eigenvalue weighted by atomic mass is 9.91. The molecule has 1 saturated carbocycles. The van der Waals surface area contributed by atoms with Crippen LogP contribution in [0, 0.1) is 0 Å². The molecule has 2 aliphatic rings. The summed E-state index contributed by atoms with van der Waals surface area (Å²) in [6, 6.07) is 13.7. The summed E-state index contributed by atoms with van der Waals surface area (Å²) in [5, 5.41) is 6.48. The number of hydrogen-bond acceptors (Lipinski definition) is 4. The SMILES string of the molecule is CNC(=O)CC1(c2ccc(N3CCc4c(C(F)(F)F)nn(-c5ccc(OC)cc5)c4C3=O)cc2)CC1. The Morgan fingerprint density at radius 1 is 1.08 bits per heavy atom. The van der Waals surface area contributed by atoms with Crippen molar-refractivity contribution in [2.75, 3.05) is 25.6 Å². The number of benzene rings is 2. The molecule has 7 nitrogen and oxygen atoms in total. The van der Waals surface area contributed by atoms with Gasteiger partial charge in [0.1, 0.15) is 11.4 Å². The van der Waals surface area contributed by atoms with Crippen molar-refractivity contribution in [1.29, 1.82) is 0 Å². The predicted octanol–water partition coefficient (Wildman–Crippen LogP) is 4.27. The number of nitrogens with zero attached hydrogens (tertiary/aromatic N) is 3. The number of ether oxygens (including phenoxy) is 1. The van der Waals surface area contributed by atoms with E-state index < -0.39 is 17.8 Å². The van der Waals surface area contributed by atoms with Crippen LogP contribution in [-0.4, -0.2) is 42.3 Å². The summed E-state index contributed by atoms with van der Waals surface area (Å²) in [5.74, 6) is -0.0365. The Bertz CT molecular complexity index is 1310.